The van der Waals surface area contributed by atoms with E-state index in [1.165, 1.54) is 38.7 Å². The summed E-state index contributed by atoms with van der Waals surface area (Å²) in [6.45, 7) is 30.7. The summed E-state index contributed by atoms with van der Waals surface area (Å²) in [6.07, 6.45) is 0.715. The summed E-state index contributed by atoms with van der Waals surface area (Å²) in [5.41, 5.74) is 17.6. The Morgan fingerprint density at radius 2 is 1.17 bits per heavy atom. The number of rotatable bonds is 7. The molecule has 0 aliphatic carbocycles. The van der Waals surface area contributed by atoms with Crippen LogP contribution in [0.3, 0.4) is 0 Å². The fourth-order valence-electron chi connectivity index (χ4n) is 6.70. The molecule has 0 atom stereocenters. The van der Waals surface area contributed by atoms with Crippen LogP contribution in [0.4, 0.5) is 5.69 Å². The summed E-state index contributed by atoms with van der Waals surface area (Å²) < 4.78 is 33.1. The zero-order valence-electron chi connectivity index (χ0n) is 34.1. The van der Waals surface area contributed by atoms with Crippen LogP contribution in [0.1, 0.15) is 123 Å². The van der Waals surface area contributed by atoms with Crippen molar-refractivity contribution in [3.05, 3.63) is 95.1 Å². The number of nitrogens with two attached hydrogens (primary N) is 1. The Morgan fingerprint density at radius 1 is 0.731 bits per heavy atom. The summed E-state index contributed by atoms with van der Waals surface area (Å²) in [5.74, 6) is 2.46. The molecule has 5 nitrogen and oxygen atoms in total. The number of para-hydroxylation sites is 1. The second-order valence-corrected chi connectivity index (χ2v) is 22.4. The zero-order chi connectivity index (χ0) is 39.9. The van der Waals surface area contributed by atoms with Crippen molar-refractivity contribution in [1.82, 2.24) is 0 Å². The molecule has 0 radical (unpaired) electrons. The Morgan fingerprint density at radius 3 is 1.56 bits per heavy atom. The molecular weight excluding hydrogens is 776 g/mol. The van der Waals surface area contributed by atoms with E-state index < -0.39 is 18.0 Å². The molecule has 4 aromatic rings. The Balaban J connectivity index is 0.000000401. The Labute approximate surface area is 328 Å². The van der Waals surface area contributed by atoms with E-state index >= 15 is 0 Å². The van der Waals surface area contributed by atoms with Gasteiger partial charge in [-0.15, -0.1) is 0 Å². The molecule has 8 heteroatoms. The van der Waals surface area contributed by atoms with Crippen molar-refractivity contribution in [3.8, 4) is 28.0 Å². The minimum atomic E-state index is -3.67. The number of anilines is 1. The third-order valence-electron chi connectivity index (χ3n) is 8.61. The summed E-state index contributed by atoms with van der Waals surface area (Å²) >= 11 is 3.23. The molecule has 0 spiro atoms. The van der Waals surface area contributed by atoms with Gasteiger partial charge in [0.1, 0.15) is 5.75 Å². The SMILES string of the molecule is COc1ccc(C)c(-c2c(C(C)C)cc(C(C)C)cc2C(C)C)c1P(C(C)(C)C)C(C)(C)C.CS(=O)(=O)O.Nc1ccccc1-c1cccc[c]1[Pd]. The van der Waals surface area contributed by atoms with E-state index in [0.29, 0.717) is 24.0 Å². The average molecular weight is 839 g/mol. The van der Waals surface area contributed by atoms with Gasteiger partial charge in [0.25, 0.3) is 10.1 Å². The van der Waals surface area contributed by atoms with E-state index in [4.69, 9.17) is 15.0 Å². The Kier molecular flexibility index (Phi) is 16.4. The van der Waals surface area contributed by atoms with Gasteiger partial charge in [-0.2, -0.15) is 8.42 Å². The van der Waals surface area contributed by atoms with E-state index in [9.17, 15) is 8.42 Å². The van der Waals surface area contributed by atoms with Crippen LogP contribution in [0, 0.1) is 6.92 Å². The molecule has 3 N–H and O–H groups in total. The van der Waals surface area contributed by atoms with Crippen molar-refractivity contribution >= 4 is 33.1 Å². The maximum absolute atomic E-state index is 9.19. The van der Waals surface area contributed by atoms with Crippen LogP contribution in [0.5, 0.6) is 5.75 Å². The molecule has 0 saturated carbocycles. The molecule has 0 amide bonds. The number of hydrogen-bond acceptors (Lipinski definition) is 4. The molecule has 52 heavy (non-hydrogen) atoms. The number of nitrogen functional groups attached to an aromatic ring is 1. The van der Waals surface area contributed by atoms with Crippen molar-refractivity contribution in [2.45, 2.75) is 118 Å². The standard InChI is InChI=1S/C31H49OP.C12H10N.CH4O3S.Pd/c1-19(2)23-17-24(20(3)4)28(25(18-23)21(5)6)27-22(7)15-16-26(32-14)29(27)33(30(8,9)10)31(11,12)13;13-12-9-5-4-8-11(12)10-6-2-1-3-7-10;1-5(2,3)4;/h15-21H,1-14H3;1-6,8-9H,13H2;1H3,(H,2,3,4);. The number of methoxy groups -OCH3 is 1. The normalized spacial score (nSPS) is 12.1. The first-order valence-electron chi connectivity index (χ1n) is 18.0. The molecule has 0 unspecified atom stereocenters. The molecule has 0 heterocycles. The van der Waals surface area contributed by atoms with Crippen molar-refractivity contribution in [2.24, 2.45) is 0 Å². The fraction of sp³-hybridized carbons (Fsp3) is 0.455. The first-order valence-corrected chi connectivity index (χ1v) is 21.9. The average Bonchev–Trinajstić information content (AvgIpc) is 2.99. The molecular formula is C44H63NO4PPdS. The Hall–Kier alpha value is -2.52. The number of ether oxygens (including phenoxy) is 1. The maximum atomic E-state index is 9.19. The summed E-state index contributed by atoms with van der Waals surface area (Å²) in [6, 6.07) is 25.4. The second-order valence-electron chi connectivity index (χ2n) is 16.3. The minimum absolute atomic E-state index is 0.150. The molecule has 0 aliphatic heterocycles. The van der Waals surface area contributed by atoms with Gasteiger partial charge in [-0.05, 0) is 74.4 Å². The van der Waals surface area contributed by atoms with Crippen LogP contribution in [-0.2, 0) is 29.3 Å². The van der Waals surface area contributed by atoms with Crippen LogP contribution in [0.15, 0.2) is 72.8 Å². The zero-order valence-corrected chi connectivity index (χ0v) is 37.3. The van der Waals surface area contributed by atoms with Gasteiger partial charge in [0.05, 0.1) is 13.4 Å². The number of benzene rings is 4. The molecule has 0 fully saturated rings. The number of aryl methyl sites for hydroxylation is 1. The van der Waals surface area contributed by atoms with E-state index in [2.05, 4.69) is 140 Å². The molecule has 0 aromatic heterocycles. The van der Waals surface area contributed by atoms with Crippen LogP contribution in [0.2, 0.25) is 0 Å². The van der Waals surface area contributed by atoms with Gasteiger partial charge in [0, 0.05) is 5.30 Å². The first-order chi connectivity index (χ1) is 23.8. The van der Waals surface area contributed by atoms with E-state index in [-0.39, 0.29) is 10.3 Å². The second kappa shape index (κ2) is 18.7. The quantitative estimate of drug-likeness (QED) is 0.0837. The van der Waals surface area contributed by atoms with Crippen molar-refractivity contribution in [3.63, 3.8) is 0 Å². The van der Waals surface area contributed by atoms with Crippen LogP contribution in [-0.4, -0.2) is 36.6 Å². The summed E-state index contributed by atoms with van der Waals surface area (Å²) in [4.78, 5) is 0. The van der Waals surface area contributed by atoms with E-state index in [1.807, 2.05) is 49.6 Å². The number of hydrogen-bond donors (Lipinski definition) is 2. The predicted molar refractivity (Wildman–Crippen MR) is 225 cm³/mol. The molecule has 0 saturated heterocycles. The van der Waals surface area contributed by atoms with Gasteiger partial charge in [-0.3, -0.25) is 4.55 Å². The van der Waals surface area contributed by atoms with Crippen LogP contribution in [0.25, 0.3) is 22.3 Å². The van der Waals surface area contributed by atoms with Gasteiger partial charge in [-0.1, -0.05) is 109 Å². The molecule has 4 rings (SSSR count). The topological polar surface area (TPSA) is 89.6 Å². The van der Waals surface area contributed by atoms with Gasteiger partial charge >= 0.3 is 94.3 Å². The van der Waals surface area contributed by atoms with Gasteiger partial charge < -0.3 is 4.74 Å². The monoisotopic (exact) mass is 838 g/mol. The molecule has 289 valence electrons. The van der Waals surface area contributed by atoms with E-state index in [1.54, 1.807) is 0 Å². The van der Waals surface area contributed by atoms with Gasteiger partial charge in [-0.25, -0.2) is 0 Å². The van der Waals surface area contributed by atoms with Crippen molar-refractivity contribution in [2.75, 3.05) is 19.1 Å². The van der Waals surface area contributed by atoms with Crippen molar-refractivity contribution in [1.29, 1.82) is 0 Å². The van der Waals surface area contributed by atoms with Gasteiger partial charge in [0.2, 0.25) is 0 Å². The third kappa shape index (κ3) is 12.5. The van der Waals surface area contributed by atoms with E-state index in [0.717, 1.165) is 26.6 Å². The Bertz CT molecular complexity index is 1810. The molecule has 0 aliphatic rings. The summed E-state index contributed by atoms with van der Waals surface area (Å²) in [5, 5.41) is 1.74. The van der Waals surface area contributed by atoms with Crippen LogP contribution < -0.4 is 19.8 Å². The first kappa shape index (κ1) is 45.6. The summed E-state index contributed by atoms with van der Waals surface area (Å²) in [7, 11) is -2.36. The fourth-order valence-corrected chi connectivity index (χ4v) is 11.4. The van der Waals surface area contributed by atoms with Crippen LogP contribution >= 0.6 is 7.92 Å². The predicted octanol–water partition coefficient (Wildman–Crippen LogP) is 11.4. The van der Waals surface area contributed by atoms with Crippen molar-refractivity contribution < 1.29 is 36.9 Å². The third-order valence-corrected chi connectivity index (χ3v) is 12.9. The molecule has 0 bridgehead atoms. The molecule has 4 aromatic carbocycles. The van der Waals surface area contributed by atoms with Gasteiger partial charge in [0.15, 0.2) is 0 Å².